The van der Waals surface area contributed by atoms with E-state index in [-0.39, 0.29) is 18.5 Å². The van der Waals surface area contributed by atoms with Crippen LogP contribution < -0.4 is 0 Å². The molecule has 0 saturated heterocycles. The maximum absolute atomic E-state index is 13.2. The second-order valence-corrected chi connectivity index (χ2v) is 8.34. The van der Waals surface area contributed by atoms with Crippen LogP contribution in [0.5, 0.6) is 0 Å². The van der Waals surface area contributed by atoms with Crippen LogP contribution in [-0.4, -0.2) is 36.8 Å². The molecule has 4 aromatic rings. The molecule has 2 heterocycles. The number of carbonyl (C=O) groups is 1. The zero-order valence-corrected chi connectivity index (χ0v) is 19.1. The molecule has 0 radical (unpaired) electrons. The highest BCUT2D eigenvalue weighted by atomic mass is 35.5. The first-order valence-corrected chi connectivity index (χ1v) is 10.8. The summed E-state index contributed by atoms with van der Waals surface area (Å²) in [6, 6.07) is 14.7. The zero-order valence-electron chi connectivity index (χ0n) is 17.6. The van der Waals surface area contributed by atoms with Gasteiger partial charge in [0, 0.05) is 17.3 Å². The van der Waals surface area contributed by atoms with Gasteiger partial charge in [-0.25, -0.2) is 0 Å². The van der Waals surface area contributed by atoms with Crippen molar-refractivity contribution in [1.82, 2.24) is 24.9 Å². The molecule has 0 fully saturated rings. The van der Waals surface area contributed by atoms with Crippen molar-refractivity contribution in [2.75, 3.05) is 0 Å². The molecule has 0 aliphatic heterocycles. The number of halogens is 2. The van der Waals surface area contributed by atoms with Gasteiger partial charge < -0.3 is 9.32 Å². The highest BCUT2D eigenvalue weighted by Gasteiger charge is 2.23. The van der Waals surface area contributed by atoms with E-state index in [0.29, 0.717) is 39.5 Å². The number of nitrogens with zero attached hydrogens (tertiary/aromatic N) is 5. The van der Waals surface area contributed by atoms with Crippen LogP contribution in [0.25, 0.3) is 11.5 Å². The van der Waals surface area contributed by atoms with E-state index in [1.807, 2.05) is 50.2 Å². The number of amides is 1. The van der Waals surface area contributed by atoms with Crippen LogP contribution in [0.15, 0.2) is 65.3 Å². The maximum atomic E-state index is 13.2. The van der Waals surface area contributed by atoms with Gasteiger partial charge in [0.2, 0.25) is 11.8 Å². The minimum Gasteiger partial charge on any atom is -0.419 e. The Morgan fingerprint density at radius 2 is 1.78 bits per heavy atom. The molecule has 2 aromatic carbocycles. The quantitative estimate of drug-likeness (QED) is 0.365. The third-order valence-corrected chi connectivity index (χ3v) is 5.63. The van der Waals surface area contributed by atoms with Crippen LogP contribution in [0.2, 0.25) is 10.0 Å². The Morgan fingerprint density at radius 3 is 2.50 bits per heavy atom. The van der Waals surface area contributed by atoms with Crippen LogP contribution in [0.4, 0.5) is 0 Å². The lowest BCUT2D eigenvalue weighted by Crippen LogP contribution is -2.36. The Morgan fingerprint density at radius 1 is 1.06 bits per heavy atom. The molecule has 2 aromatic heterocycles. The second kappa shape index (κ2) is 9.54. The van der Waals surface area contributed by atoms with Crippen LogP contribution >= 0.6 is 23.2 Å². The van der Waals surface area contributed by atoms with Gasteiger partial charge in [-0.1, -0.05) is 53.5 Å². The Kier molecular flexibility index (Phi) is 6.58. The molecule has 0 atom stereocenters. The van der Waals surface area contributed by atoms with Gasteiger partial charge in [-0.3, -0.25) is 9.48 Å². The summed E-state index contributed by atoms with van der Waals surface area (Å²) in [6.45, 7) is 4.50. The van der Waals surface area contributed by atoms with Gasteiger partial charge in [0.05, 0.1) is 35.4 Å². The molecule has 7 nitrogen and oxygen atoms in total. The molecule has 0 aliphatic carbocycles. The van der Waals surface area contributed by atoms with Gasteiger partial charge in [-0.2, -0.15) is 5.10 Å². The van der Waals surface area contributed by atoms with E-state index in [2.05, 4.69) is 15.3 Å². The zero-order chi connectivity index (χ0) is 22.7. The number of hydrogen-bond acceptors (Lipinski definition) is 5. The Balaban J connectivity index is 1.50. The minimum atomic E-state index is -0.178. The fraction of sp³-hybridized carbons (Fsp3) is 0.217. The van der Waals surface area contributed by atoms with Crippen molar-refractivity contribution in [2.24, 2.45) is 0 Å². The van der Waals surface area contributed by atoms with Crippen LogP contribution in [0.3, 0.4) is 0 Å². The fourth-order valence-electron chi connectivity index (χ4n) is 3.22. The summed E-state index contributed by atoms with van der Waals surface area (Å²) in [5.74, 6) is 0.461. The van der Waals surface area contributed by atoms with Crippen molar-refractivity contribution in [2.45, 2.75) is 33.0 Å². The van der Waals surface area contributed by atoms with Crippen molar-refractivity contribution < 1.29 is 9.21 Å². The molecular formula is C23H21Cl2N5O2. The summed E-state index contributed by atoms with van der Waals surface area (Å²) in [5, 5.41) is 13.7. The molecule has 0 N–H and O–H groups in total. The van der Waals surface area contributed by atoms with Gasteiger partial charge in [0.15, 0.2) is 0 Å². The van der Waals surface area contributed by atoms with Crippen molar-refractivity contribution in [1.29, 1.82) is 0 Å². The average molecular weight is 470 g/mol. The molecule has 0 aliphatic rings. The normalized spacial score (nSPS) is 11.2. The summed E-state index contributed by atoms with van der Waals surface area (Å²) in [5.41, 5.74) is 2.04. The molecule has 164 valence electrons. The lowest BCUT2D eigenvalue weighted by molar-refractivity contribution is 0.0672. The van der Waals surface area contributed by atoms with Gasteiger partial charge in [0.1, 0.15) is 0 Å². The summed E-state index contributed by atoms with van der Waals surface area (Å²) in [7, 11) is 0. The summed E-state index contributed by atoms with van der Waals surface area (Å²) >= 11 is 12.4. The molecule has 9 heteroatoms. The molecule has 32 heavy (non-hydrogen) atoms. The Bertz CT molecular complexity index is 1230. The molecule has 0 saturated carbocycles. The largest absolute Gasteiger partial charge is 0.419 e. The van der Waals surface area contributed by atoms with Crippen LogP contribution in [0, 0.1) is 0 Å². The molecule has 4 rings (SSSR count). The molecule has 0 spiro atoms. The van der Waals surface area contributed by atoms with Crippen LogP contribution in [0.1, 0.15) is 35.7 Å². The van der Waals surface area contributed by atoms with Crippen molar-refractivity contribution in [3.63, 3.8) is 0 Å². The fourth-order valence-corrected chi connectivity index (χ4v) is 3.64. The van der Waals surface area contributed by atoms with Crippen molar-refractivity contribution >= 4 is 29.1 Å². The molecule has 0 unspecified atom stereocenters. The summed E-state index contributed by atoms with van der Waals surface area (Å²) in [4.78, 5) is 14.8. The first-order valence-electron chi connectivity index (χ1n) is 10.1. The minimum absolute atomic E-state index is 0.0925. The van der Waals surface area contributed by atoms with E-state index in [0.717, 1.165) is 5.56 Å². The van der Waals surface area contributed by atoms with E-state index >= 15 is 0 Å². The third-order valence-electron chi connectivity index (χ3n) is 4.93. The number of aromatic nitrogens is 4. The molecular weight excluding hydrogens is 449 g/mol. The maximum Gasteiger partial charge on any atom is 0.257 e. The number of benzene rings is 2. The molecule has 0 bridgehead atoms. The monoisotopic (exact) mass is 469 g/mol. The number of rotatable bonds is 7. The molecule has 1 amide bonds. The first kappa shape index (κ1) is 22.0. The Hall–Kier alpha value is -3.16. The second-order valence-electron chi connectivity index (χ2n) is 7.53. The SMILES string of the molecule is CC(C)N(Cc1nnc(-c2ccccc2Cl)o1)C(=O)c1cnn(Cc2ccccc2Cl)c1. The van der Waals surface area contributed by atoms with E-state index in [1.54, 1.807) is 34.1 Å². The highest BCUT2D eigenvalue weighted by molar-refractivity contribution is 6.33. The predicted octanol–water partition coefficient (Wildman–Crippen LogP) is 5.34. The summed E-state index contributed by atoms with van der Waals surface area (Å²) in [6.07, 6.45) is 3.27. The smallest absolute Gasteiger partial charge is 0.257 e. The van der Waals surface area contributed by atoms with E-state index in [9.17, 15) is 4.79 Å². The van der Waals surface area contributed by atoms with Gasteiger partial charge in [-0.05, 0) is 37.6 Å². The topological polar surface area (TPSA) is 77.1 Å². The van der Waals surface area contributed by atoms with Gasteiger partial charge >= 0.3 is 0 Å². The van der Waals surface area contributed by atoms with E-state index < -0.39 is 0 Å². The van der Waals surface area contributed by atoms with Crippen molar-refractivity contribution in [3.8, 4) is 11.5 Å². The number of hydrogen-bond donors (Lipinski definition) is 0. The lowest BCUT2D eigenvalue weighted by atomic mass is 10.2. The van der Waals surface area contributed by atoms with Gasteiger partial charge in [0.25, 0.3) is 5.91 Å². The standard InChI is InChI=1S/C23H21Cl2N5O2/c1-15(2)30(14-21-27-28-22(32-21)18-8-4-6-10-20(18)25)23(31)17-11-26-29(13-17)12-16-7-3-5-9-19(16)24/h3-11,13,15H,12,14H2,1-2H3. The van der Waals surface area contributed by atoms with Gasteiger partial charge in [-0.15, -0.1) is 10.2 Å². The Labute approximate surface area is 195 Å². The van der Waals surface area contributed by atoms with E-state index in [1.165, 1.54) is 0 Å². The average Bonchev–Trinajstić information content (AvgIpc) is 3.43. The highest BCUT2D eigenvalue weighted by Crippen LogP contribution is 2.26. The third kappa shape index (κ3) is 4.84. The summed E-state index contributed by atoms with van der Waals surface area (Å²) < 4.78 is 7.47. The van der Waals surface area contributed by atoms with Crippen LogP contribution in [-0.2, 0) is 13.1 Å². The predicted molar refractivity (Wildman–Crippen MR) is 123 cm³/mol. The first-order chi connectivity index (χ1) is 15.4. The number of carbonyl (C=O) groups excluding carboxylic acids is 1. The lowest BCUT2D eigenvalue weighted by Gasteiger charge is -2.24. The van der Waals surface area contributed by atoms with E-state index in [4.69, 9.17) is 27.6 Å². The van der Waals surface area contributed by atoms with Crippen molar-refractivity contribution in [3.05, 3.63) is 88.0 Å².